The van der Waals surface area contributed by atoms with Gasteiger partial charge in [0.2, 0.25) is 0 Å². The van der Waals surface area contributed by atoms with Crippen molar-refractivity contribution < 1.29 is 14.3 Å². The molecule has 7 nitrogen and oxygen atoms in total. The number of aryl methyl sites for hydroxylation is 2. The number of methoxy groups -OCH3 is 1. The van der Waals surface area contributed by atoms with Crippen LogP contribution in [0.4, 0.5) is 5.69 Å². The molecule has 0 atom stereocenters. The van der Waals surface area contributed by atoms with Crippen molar-refractivity contribution in [1.82, 2.24) is 15.1 Å². The highest BCUT2D eigenvalue weighted by molar-refractivity contribution is 5.97. The molecule has 1 rings (SSSR count). The van der Waals surface area contributed by atoms with E-state index in [0.717, 1.165) is 5.69 Å². The molecule has 0 aliphatic heterocycles. The van der Waals surface area contributed by atoms with E-state index in [4.69, 9.17) is 15.2 Å². The molecule has 3 N–H and O–H groups in total. The number of nitrogens with zero attached hydrogens (tertiary/aromatic N) is 2. The van der Waals surface area contributed by atoms with Crippen LogP contribution in [0, 0.1) is 0 Å². The van der Waals surface area contributed by atoms with E-state index in [9.17, 15) is 4.79 Å². The van der Waals surface area contributed by atoms with Gasteiger partial charge in [-0.05, 0) is 6.42 Å². The fourth-order valence-electron chi connectivity index (χ4n) is 1.69. The van der Waals surface area contributed by atoms with Gasteiger partial charge in [0.05, 0.1) is 31.2 Å². The van der Waals surface area contributed by atoms with Crippen molar-refractivity contribution in [2.45, 2.75) is 13.3 Å². The number of carbonyl (C=O) groups is 1. The van der Waals surface area contributed by atoms with Crippen molar-refractivity contribution in [2.24, 2.45) is 7.05 Å². The summed E-state index contributed by atoms with van der Waals surface area (Å²) in [7, 11) is 3.32. The van der Waals surface area contributed by atoms with E-state index in [2.05, 4.69) is 10.4 Å². The summed E-state index contributed by atoms with van der Waals surface area (Å²) in [6.07, 6.45) is 0.701. The van der Waals surface area contributed by atoms with Crippen LogP contribution in [-0.4, -0.2) is 49.2 Å². The van der Waals surface area contributed by atoms with Gasteiger partial charge in [0.15, 0.2) is 0 Å². The standard InChI is InChI=1S/C12H22N4O3/c1-4-9-10(13)11(16(2)15-9)12(17)14-5-6-19-8-7-18-3/h4-8,13H2,1-3H3,(H,14,17). The van der Waals surface area contributed by atoms with Crippen molar-refractivity contribution in [3.63, 3.8) is 0 Å². The van der Waals surface area contributed by atoms with Crippen molar-refractivity contribution in [2.75, 3.05) is 39.2 Å². The van der Waals surface area contributed by atoms with Gasteiger partial charge in [-0.2, -0.15) is 5.10 Å². The highest BCUT2D eigenvalue weighted by Gasteiger charge is 2.18. The lowest BCUT2D eigenvalue weighted by Crippen LogP contribution is -2.29. The molecule has 1 aromatic rings. The van der Waals surface area contributed by atoms with Gasteiger partial charge in [0.1, 0.15) is 5.69 Å². The Kier molecular flexibility index (Phi) is 6.31. The maximum Gasteiger partial charge on any atom is 0.271 e. The summed E-state index contributed by atoms with van der Waals surface area (Å²) in [6, 6.07) is 0. The van der Waals surface area contributed by atoms with E-state index in [-0.39, 0.29) is 5.91 Å². The van der Waals surface area contributed by atoms with E-state index in [1.807, 2.05) is 6.92 Å². The number of aromatic nitrogens is 2. The average molecular weight is 270 g/mol. The van der Waals surface area contributed by atoms with Crippen molar-refractivity contribution in [3.8, 4) is 0 Å². The van der Waals surface area contributed by atoms with E-state index < -0.39 is 0 Å². The average Bonchev–Trinajstić information content (AvgIpc) is 2.68. The van der Waals surface area contributed by atoms with Crippen LogP contribution in [-0.2, 0) is 22.9 Å². The number of anilines is 1. The molecule has 1 amide bonds. The van der Waals surface area contributed by atoms with Crippen LogP contribution in [0.25, 0.3) is 0 Å². The number of rotatable bonds is 8. The monoisotopic (exact) mass is 270 g/mol. The molecule has 0 aromatic carbocycles. The normalized spacial score (nSPS) is 10.7. The molecule has 0 aliphatic rings. The summed E-state index contributed by atoms with van der Waals surface area (Å²) in [6.45, 7) is 3.87. The molecular formula is C12H22N4O3. The van der Waals surface area contributed by atoms with Gasteiger partial charge >= 0.3 is 0 Å². The smallest absolute Gasteiger partial charge is 0.271 e. The molecule has 7 heteroatoms. The third kappa shape index (κ3) is 4.22. The molecule has 1 aromatic heterocycles. The molecular weight excluding hydrogens is 248 g/mol. The van der Waals surface area contributed by atoms with Crippen LogP contribution in [0.3, 0.4) is 0 Å². The minimum atomic E-state index is -0.234. The van der Waals surface area contributed by atoms with Gasteiger partial charge in [-0.3, -0.25) is 9.48 Å². The summed E-state index contributed by atoms with van der Waals surface area (Å²) in [5, 5.41) is 6.95. The van der Waals surface area contributed by atoms with E-state index in [1.165, 1.54) is 4.68 Å². The zero-order chi connectivity index (χ0) is 14.3. The molecule has 0 saturated heterocycles. The SMILES string of the molecule is CCc1nn(C)c(C(=O)NCCOCCOC)c1N. The molecule has 108 valence electrons. The highest BCUT2D eigenvalue weighted by Crippen LogP contribution is 2.16. The topological polar surface area (TPSA) is 91.4 Å². The quantitative estimate of drug-likeness (QED) is 0.647. The first-order valence-corrected chi connectivity index (χ1v) is 6.28. The Morgan fingerprint density at radius 3 is 2.74 bits per heavy atom. The number of carbonyl (C=O) groups excluding carboxylic acids is 1. The van der Waals surface area contributed by atoms with Crippen LogP contribution < -0.4 is 11.1 Å². The van der Waals surface area contributed by atoms with Gasteiger partial charge in [-0.1, -0.05) is 6.92 Å². The number of hydrogen-bond donors (Lipinski definition) is 2. The third-order valence-electron chi connectivity index (χ3n) is 2.67. The molecule has 0 saturated carbocycles. The number of nitrogen functional groups attached to an aromatic ring is 1. The summed E-state index contributed by atoms with van der Waals surface area (Å²) in [5.74, 6) is -0.234. The first-order valence-electron chi connectivity index (χ1n) is 6.28. The van der Waals surface area contributed by atoms with Crippen molar-refractivity contribution >= 4 is 11.6 Å². The summed E-state index contributed by atoms with van der Waals surface area (Å²) in [4.78, 5) is 12.0. The van der Waals surface area contributed by atoms with Crippen LogP contribution in [0.2, 0.25) is 0 Å². The molecule has 19 heavy (non-hydrogen) atoms. The Morgan fingerprint density at radius 1 is 1.42 bits per heavy atom. The zero-order valence-electron chi connectivity index (χ0n) is 11.7. The zero-order valence-corrected chi connectivity index (χ0v) is 11.7. The van der Waals surface area contributed by atoms with Gasteiger partial charge in [-0.15, -0.1) is 0 Å². The van der Waals surface area contributed by atoms with Gasteiger partial charge in [0, 0.05) is 20.7 Å². The second-order valence-corrected chi connectivity index (χ2v) is 4.05. The minimum absolute atomic E-state index is 0.234. The van der Waals surface area contributed by atoms with Gasteiger partial charge in [0.25, 0.3) is 5.91 Å². The van der Waals surface area contributed by atoms with Crippen molar-refractivity contribution in [1.29, 1.82) is 0 Å². The Labute approximate surface area is 113 Å². The van der Waals surface area contributed by atoms with Gasteiger partial charge < -0.3 is 20.5 Å². The predicted octanol–water partition coefficient (Wildman–Crippen LogP) is -0.0425. The predicted molar refractivity (Wildman–Crippen MR) is 72.0 cm³/mol. The van der Waals surface area contributed by atoms with E-state index in [0.29, 0.717) is 44.2 Å². The molecule has 0 unspecified atom stereocenters. The van der Waals surface area contributed by atoms with Crippen LogP contribution >= 0.6 is 0 Å². The molecule has 1 heterocycles. The summed E-state index contributed by atoms with van der Waals surface area (Å²) in [5.41, 5.74) is 7.48. The van der Waals surface area contributed by atoms with Gasteiger partial charge in [-0.25, -0.2) is 0 Å². The highest BCUT2D eigenvalue weighted by atomic mass is 16.5. The number of amides is 1. The molecule has 0 fully saturated rings. The Hall–Kier alpha value is -1.60. The Bertz CT molecular complexity index is 417. The summed E-state index contributed by atoms with van der Waals surface area (Å²) < 4.78 is 11.6. The fraction of sp³-hybridized carbons (Fsp3) is 0.667. The first-order chi connectivity index (χ1) is 9.11. The Morgan fingerprint density at radius 2 is 2.16 bits per heavy atom. The lowest BCUT2D eigenvalue weighted by atomic mass is 10.2. The maximum absolute atomic E-state index is 12.0. The minimum Gasteiger partial charge on any atom is -0.395 e. The third-order valence-corrected chi connectivity index (χ3v) is 2.67. The second kappa shape index (κ2) is 7.75. The Balaban J connectivity index is 2.43. The first kappa shape index (κ1) is 15.5. The molecule has 0 radical (unpaired) electrons. The van der Waals surface area contributed by atoms with Crippen molar-refractivity contribution in [3.05, 3.63) is 11.4 Å². The molecule has 0 bridgehead atoms. The summed E-state index contributed by atoms with van der Waals surface area (Å²) >= 11 is 0. The number of hydrogen-bond acceptors (Lipinski definition) is 5. The number of nitrogens with one attached hydrogen (secondary N) is 1. The largest absolute Gasteiger partial charge is 0.395 e. The van der Waals surface area contributed by atoms with E-state index >= 15 is 0 Å². The number of nitrogens with two attached hydrogens (primary N) is 1. The van der Waals surface area contributed by atoms with Crippen LogP contribution in [0.5, 0.6) is 0 Å². The molecule has 0 aliphatic carbocycles. The van der Waals surface area contributed by atoms with Crippen LogP contribution in [0.15, 0.2) is 0 Å². The van der Waals surface area contributed by atoms with Crippen LogP contribution in [0.1, 0.15) is 23.1 Å². The fourth-order valence-corrected chi connectivity index (χ4v) is 1.69. The van der Waals surface area contributed by atoms with E-state index in [1.54, 1.807) is 14.2 Å². The molecule has 0 spiro atoms. The maximum atomic E-state index is 12.0. The lowest BCUT2D eigenvalue weighted by Gasteiger charge is -2.07. The lowest BCUT2D eigenvalue weighted by molar-refractivity contribution is 0.0691. The second-order valence-electron chi connectivity index (χ2n) is 4.05. The number of ether oxygens (including phenoxy) is 2.